The molecule has 2 heterocycles. The number of nitrogens with zero attached hydrogens (tertiary/aromatic N) is 3. The summed E-state index contributed by atoms with van der Waals surface area (Å²) in [4.78, 5) is 26.0. The lowest BCUT2D eigenvalue weighted by atomic mass is 10.2. The molecule has 3 rings (SSSR count). The van der Waals surface area contributed by atoms with Gasteiger partial charge in [0.05, 0.1) is 22.9 Å². The molecule has 1 aromatic carbocycles. The summed E-state index contributed by atoms with van der Waals surface area (Å²) in [7, 11) is 0. The van der Waals surface area contributed by atoms with Gasteiger partial charge in [0, 0.05) is 16.4 Å². The fraction of sp³-hybridized carbons (Fsp3) is 0.333. The number of carbonyl (C=O) groups excluding carboxylic acids is 2. The van der Waals surface area contributed by atoms with E-state index in [0.717, 1.165) is 11.3 Å². The van der Waals surface area contributed by atoms with Crippen molar-refractivity contribution in [3.63, 3.8) is 0 Å². The van der Waals surface area contributed by atoms with E-state index in [0.29, 0.717) is 43.9 Å². The number of hydrogen-bond donors (Lipinski definition) is 1. The minimum absolute atomic E-state index is 0.0646. The highest BCUT2D eigenvalue weighted by atomic mass is 35.5. The van der Waals surface area contributed by atoms with Crippen molar-refractivity contribution in [3.8, 4) is 5.75 Å². The number of aryl methyl sites for hydroxylation is 1. The Labute approximate surface area is 228 Å². The molecule has 8 nitrogen and oxygen atoms in total. The molecular formula is C24H26Cl2N4O4S2. The normalized spacial score (nSPS) is 11.7. The number of hydrogen-bond acceptors (Lipinski definition) is 8. The van der Waals surface area contributed by atoms with E-state index in [2.05, 4.69) is 22.1 Å². The number of rotatable bonds is 12. The molecule has 12 heteroatoms. The lowest BCUT2D eigenvalue weighted by molar-refractivity contribution is -0.113. The number of esters is 1. The average molecular weight is 570 g/mol. The minimum Gasteiger partial charge on any atom is -0.481 e. The third kappa shape index (κ3) is 7.03. The Kier molecular flexibility index (Phi) is 10.2. The predicted molar refractivity (Wildman–Crippen MR) is 145 cm³/mol. The molecule has 192 valence electrons. The van der Waals surface area contributed by atoms with Crippen LogP contribution >= 0.6 is 46.3 Å². The fourth-order valence-electron chi connectivity index (χ4n) is 3.18. The average Bonchev–Trinajstić information content (AvgIpc) is 3.44. The van der Waals surface area contributed by atoms with Crippen molar-refractivity contribution in [2.24, 2.45) is 0 Å². The molecule has 1 amide bonds. The van der Waals surface area contributed by atoms with Crippen LogP contribution in [0.15, 0.2) is 42.1 Å². The van der Waals surface area contributed by atoms with Gasteiger partial charge >= 0.3 is 5.97 Å². The van der Waals surface area contributed by atoms with Crippen LogP contribution < -0.4 is 10.1 Å². The Morgan fingerprint density at radius 2 is 2.06 bits per heavy atom. The summed E-state index contributed by atoms with van der Waals surface area (Å²) in [5.74, 6) is 0.354. The van der Waals surface area contributed by atoms with Crippen molar-refractivity contribution in [2.75, 3.05) is 17.7 Å². The van der Waals surface area contributed by atoms with Gasteiger partial charge < -0.3 is 14.8 Å². The van der Waals surface area contributed by atoms with Gasteiger partial charge in [0.2, 0.25) is 5.91 Å². The molecule has 0 aliphatic rings. The third-order valence-corrected chi connectivity index (χ3v) is 7.52. The number of aromatic nitrogens is 3. The van der Waals surface area contributed by atoms with Crippen LogP contribution in [0.2, 0.25) is 10.0 Å². The minimum atomic E-state index is -0.481. The largest absolute Gasteiger partial charge is 0.481 e. The van der Waals surface area contributed by atoms with Crippen LogP contribution in [0.4, 0.5) is 5.00 Å². The van der Waals surface area contributed by atoms with Crippen LogP contribution in [-0.2, 0) is 22.5 Å². The number of allylic oxidation sites excluding steroid dienone is 1. The lowest BCUT2D eigenvalue weighted by Gasteiger charge is -2.16. The summed E-state index contributed by atoms with van der Waals surface area (Å²) in [6.45, 7) is 10.0. The van der Waals surface area contributed by atoms with Crippen LogP contribution in [0.3, 0.4) is 0 Å². The highest BCUT2D eigenvalue weighted by molar-refractivity contribution is 7.99. The maximum Gasteiger partial charge on any atom is 0.341 e. The van der Waals surface area contributed by atoms with Crippen molar-refractivity contribution in [2.45, 2.75) is 45.0 Å². The van der Waals surface area contributed by atoms with Crippen LogP contribution in [0, 0.1) is 0 Å². The first-order valence-corrected chi connectivity index (χ1v) is 13.7. The van der Waals surface area contributed by atoms with Crippen molar-refractivity contribution in [1.82, 2.24) is 14.8 Å². The lowest BCUT2D eigenvalue weighted by Crippen LogP contribution is -2.17. The van der Waals surface area contributed by atoms with Crippen LogP contribution in [-0.4, -0.2) is 39.0 Å². The first-order chi connectivity index (χ1) is 17.3. The Bertz CT molecular complexity index is 1240. The van der Waals surface area contributed by atoms with E-state index in [1.165, 1.54) is 23.1 Å². The Morgan fingerprint density at radius 1 is 1.28 bits per heavy atom. The predicted octanol–water partition coefficient (Wildman–Crippen LogP) is 6.44. The summed E-state index contributed by atoms with van der Waals surface area (Å²) in [6, 6.07) is 6.74. The van der Waals surface area contributed by atoms with Gasteiger partial charge in [-0.05, 0) is 44.5 Å². The molecule has 0 aliphatic carbocycles. The number of carbonyl (C=O) groups is 2. The number of thioether (sulfide) groups is 1. The molecule has 0 aliphatic heterocycles. The first kappa shape index (κ1) is 28.0. The van der Waals surface area contributed by atoms with Crippen LogP contribution in [0.1, 0.15) is 47.9 Å². The van der Waals surface area contributed by atoms with Crippen molar-refractivity contribution in [1.29, 1.82) is 0 Å². The molecular weight excluding hydrogens is 543 g/mol. The topological polar surface area (TPSA) is 95.3 Å². The van der Waals surface area contributed by atoms with E-state index in [9.17, 15) is 9.59 Å². The zero-order valence-electron chi connectivity index (χ0n) is 20.0. The summed E-state index contributed by atoms with van der Waals surface area (Å²) in [6.07, 6.45) is 1.98. The van der Waals surface area contributed by atoms with E-state index in [4.69, 9.17) is 32.7 Å². The van der Waals surface area contributed by atoms with E-state index in [-0.39, 0.29) is 18.3 Å². The third-order valence-electron chi connectivity index (χ3n) is 4.83. The van der Waals surface area contributed by atoms with Crippen LogP contribution in [0.25, 0.3) is 0 Å². The molecule has 3 aromatic rings. The molecule has 36 heavy (non-hydrogen) atoms. The Balaban J connectivity index is 1.70. The fourth-order valence-corrected chi connectivity index (χ4v) is 5.39. The molecule has 0 radical (unpaired) electrons. The second-order valence-electron chi connectivity index (χ2n) is 7.44. The Hall–Kier alpha value is -2.53. The van der Waals surface area contributed by atoms with Crippen molar-refractivity contribution in [3.05, 3.63) is 63.2 Å². The number of halogens is 2. The Morgan fingerprint density at radius 3 is 2.72 bits per heavy atom. The molecule has 1 atom stereocenters. The number of amides is 1. The van der Waals surface area contributed by atoms with E-state index in [1.54, 1.807) is 37.3 Å². The zero-order valence-corrected chi connectivity index (χ0v) is 23.2. The SMILES string of the molecule is C=CCn1c(SCC(=O)Nc2sc(CC)cc2C(=O)OCC)nnc1C(C)Oc1ccc(Cl)cc1Cl. The molecule has 0 fully saturated rings. The number of anilines is 1. The number of ether oxygens (including phenoxy) is 2. The summed E-state index contributed by atoms with van der Waals surface area (Å²) < 4.78 is 12.9. The molecule has 0 saturated heterocycles. The van der Waals surface area contributed by atoms with Crippen molar-refractivity contribution < 1.29 is 19.1 Å². The van der Waals surface area contributed by atoms with E-state index >= 15 is 0 Å². The highest BCUT2D eigenvalue weighted by Gasteiger charge is 2.22. The van der Waals surface area contributed by atoms with E-state index in [1.807, 2.05) is 18.4 Å². The second kappa shape index (κ2) is 13.1. The zero-order chi connectivity index (χ0) is 26.2. The van der Waals surface area contributed by atoms with Crippen molar-refractivity contribution >= 4 is 63.2 Å². The van der Waals surface area contributed by atoms with Gasteiger partial charge in [-0.15, -0.1) is 28.1 Å². The van der Waals surface area contributed by atoms with Gasteiger partial charge in [-0.25, -0.2) is 4.79 Å². The monoisotopic (exact) mass is 568 g/mol. The van der Waals surface area contributed by atoms with Gasteiger partial charge in [0.15, 0.2) is 17.1 Å². The number of thiophene rings is 1. The summed E-state index contributed by atoms with van der Waals surface area (Å²) in [5, 5.41) is 13.2. The molecule has 1 unspecified atom stereocenters. The van der Waals surface area contributed by atoms with E-state index < -0.39 is 12.1 Å². The van der Waals surface area contributed by atoms with Gasteiger partial charge in [-0.2, -0.15) is 0 Å². The number of benzene rings is 1. The summed E-state index contributed by atoms with van der Waals surface area (Å²) in [5.41, 5.74) is 0.362. The molecule has 0 bridgehead atoms. The molecule has 2 aromatic heterocycles. The van der Waals surface area contributed by atoms with Gasteiger partial charge in [-0.1, -0.05) is 48.0 Å². The standard InChI is InChI=1S/C24H26Cl2N4O4S2/c1-5-10-30-21(14(4)34-19-9-8-15(25)11-18(19)26)28-29-24(30)35-13-20(31)27-22-17(23(32)33-7-3)12-16(6-2)36-22/h5,8-9,11-12,14H,1,6-7,10,13H2,2-4H3,(H,27,31). The van der Waals surface area contributed by atoms with Gasteiger partial charge in [0.25, 0.3) is 0 Å². The molecule has 1 N–H and O–H groups in total. The second-order valence-corrected chi connectivity index (χ2v) is 10.4. The first-order valence-electron chi connectivity index (χ1n) is 11.1. The highest BCUT2D eigenvalue weighted by Crippen LogP contribution is 2.32. The van der Waals surface area contributed by atoms with Gasteiger partial charge in [0.1, 0.15) is 10.8 Å². The smallest absolute Gasteiger partial charge is 0.341 e. The quantitative estimate of drug-likeness (QED) is 0.152. The molecule has 0 spiro atoms. The number of nitrogens with one attached hydrogen (secondary N) is 1. The molecule has 0 saturated carbocycles. The van der Waals surface area contributed by atoms with Gasteiger partial charge in [-0.3, -0.25) is 9.36 Å². The maximum atomic E-state index is 12.7. The summed E-state index contributed by atoms with van der Waals surface area (Å²) >= 11 is 14.8. The maximum absolute atomic E-state index is 12.7. The van der Waals surface area contributed by atoms with Crippen LogP contribution in [0.5, 0.6) is 5.75 Å².